The van der Waals surface area contributed by atoms with Gasteiger partial charge in [-0.05, 0) is 56.1 Å². The normalized spacial score (nSPS) is 22.3. The zero-order valence-corrected chi connectivity index (χ0v) is 16.9. The number of hydrogen-bond donors (Lipinski definition) is 0. The third-order valence-electron chi connectivity index (χ3n) is 5.54. The lowest BCUT2D eigenvalue weighted by atomic mass is 9.86. The highest BCUT2D eigenvalue weighted by Gasteiger charge is 2.38. The second-order valence-electron chi connectivity index (χ2n) is 7.70. The average Bonchev–Trinajstić information content (AvgIpc) is 3.48. The lowest BCUT2D eigenvalue weighted by molar-refractivity contribution is -0.385. The molecule has 0 heterocycles. The fraction of sp³-hybridized carbons (Fsp3) is 0.650. The summed E-state index contributed by atoms with van der Waals surface area (Å²) in [7, 11) is 1.42. The highest BCUT2D eigenvalue weighted by molar-refractivity contribution is 7.99. The van der Waals surface area contributed by atoms with Crippen LogP contribution in [0.5, 0.6) is 5.75 Å². The minimum atomic E-state index is -0.433. The number of amides is 1. The fourth-order valence-corrected chi connectivity index (χ4v) is 4.72. The van der Waals surface area contributed by atoms with E-state index in [1.165, 1.54) is 37.8 Å². The molecule has 148 valence electrons. The van der Waals surface area contributed by atoms with Gasteiger partial charge in [0.05, 0.1) is 17.8 Å². The maximum absolute atomic E-state index is 12.8. The molecule has 0 saturated heterocycles. The van der Waals surface area contributed by atoms with Crippen LogP contribution in [0.4, 0.5) is 5.69 Å². The summed E-state index contributed by atoms with van der Waals surface area (Å²) in [4.78, 5) is 25.7. The van der Waals surface area contributed by atoms with Gasteiger partial charge in [0.25, 0.3) is 0 Å². The summed E-state index contributed by atoms with van der Waals surface area (Å²) in [6.45, 7) is 2.30. The quantitative estimate of drug-likeness (QED) is 0.484. The Labute approximate surface area is 164 Å². The lowest BCUT2D eigenvalue weighted by Gasteiger charge is -2.36. The third-order valence-corrected chi connectivity index (χ3v) is 6.53. The van der Waals surface area contributed by atoms with Crippen molar-refractivity contribution in [2.45, 2.75) is 63.3 Å². The Hall–Kier alpha value is -1.76. The number of nitro groups is 1. The van der Waals surface area contributed by atoms with Crippen molar-refractivity contribution in [1.82, 2.24) is 4.90 Å². The number of benzene rings is 1. The van der Waals surface area contributed by atoms with Gasteiger partial charge in [0.2, 0.25) is 5.91 Å². The molecule has 1 aromatic rings. The SMILES string of the molecule is COc1ccc(CSCC(=O)N(C2CCC(C)CC2)C2CC2)cc1[N+](=O)[O-]. The van der Waals surface area contributed by atoms with Gasteiger partial charge < -0.3 is 9.64 Å². The average molecular weight is 393 g/mol. The summed E-state index contributed by atoms with van der Waals surface area (Å²) in [6.07, 6.45) is 6.94. The van der Waals surface area contributed by atoms with Crippen LogP contribution in [-0.4, -0.2) is 40.7 Å². The number of ether oxygens (including phenoxy) is 1. The number of hydrogen-bond acceptors (Lipinski definition) is 5. The highest BCUT2D eigenvalue weighted by atomic mass is 32.2. The smallest absolute Gasteiger partial charge is 0.311 e. The summed E-state index contributed by atoms with van der Waals surface area (Å²) < 4.78 is 5.03. The van der Waals surface area contributed by atoms with Crippen molar-refractivity contribution in [2.24, 2.45) is 5.92 Å². The molecular weight excluding hydrogens is 364 g/mol. The van der Waals surface area contributed by atoms with Gasteiger partial charge in [0, 0.05) is 23.9 Å². The largest absolute Gasteiger partial charge is 0.490 e. The van der Waals surface area contributed by atoms with Crippen LogP contribution in [0.3, 0.4) is 0 Å². The van der Waals surface area contributed by atoms with Gasteiger partial charge in [-0.25, -0.2) is 0 Å². The minimum absolute atomic E-state index is 0.0298. The molecule has 0 bridgehead atoms. The van der Waals surface area contributed by atoms with E-state index in [0.29, 0.717) is 23.6 Å². The van der Waals surface area contributed by atoms with E-state index >= 15 is 0 Å². The molecule has 2 aliphatic rings. The summed E-state index contributed by atoms with van der Waals surface area (Å²) in [5.41, 5.74) is 0.808. The van der Waals surface area contributed by atoms with Crippen molar-refractivity contribution >= 4 is 23.4 Å². The van der Waals surface area contributed by atoms with Gasteiger partial charge in [-0.15, -0.1) is 11.8 Å². The van der Waals surface area contributed by atoms with Crippen LogP contribution in [0.15, 0.2) is 18.2 Å². The number of carbonyl (C=O) groups is 1. The number of nitro benzene ring substituents is 1. The van der Waals surface area contributed by atoms with E-state index in [-0.39, 0.29) is 17.3 Å². The minimum Gasteiger partial charge on any atom is -0.490 e. The van der Waals surface area contributed by atoms with Crippen LogP contribution in [0.2, 0.25) is 0 Å². The Balaban J connectivity index is 1.55. The number of methoxy groups -OCH3 is 1. The molecule has 2 aliphatic carbocycles. The van der Waals surface area contributed by atoms with E-state index in [0.717, 1.165) is 37.2 Å². The molecule has 0 aliphatic heterocycles. The molecule has 0 aromatic heterocycles. The Morgan fingerprint density at radius 1 is 1.22 bits per heavy atom. The number of nitrogens with zero attached hydrogens (tertiary/aromatic N) is 2. The van der Waals surface area contributed by atoms with Gasteiger partial charge in [0.1, 0.15) is 0 Å². The van der Waals surface area contributed by atoms with E-state index in [4.69, 9.17) is 4.74 Å². The lowest BCUT2D eigenvalue weighted by Crippen LogP contribution is -2.44. The first-order valence-corrected chi connectivity index (χ1v) is 10.8. The van der Waals surface area contributed by atoms with Crippen molar-refractivity contribution in [3.8, 4) is 5.75 Å². The van der Waals surface area contributed by atoms with E-state index < -0.39 is 4.92 Å². The maximum atomic E-state index is 12.8. The second-order valence-corrected chi connectivity index (χ2v) is 8.69. The summed E-state index contributed by atoms with van der Waals surface area (Å²) in [5, 5.41) is 11.1. The summed E-state index contributed by atoms with van der Waals surface area (Å²) in [5.74, 6) is 2.28. The first-order chi connectivity index (χ1) is 13.0. The molecule has 0 spiro atoms. The molecule has 2 saturated carbocycles. The third kappa shape index (κ3) is 5.15. The Morgan fingerprint density at radius 2 is 1.85 bits per heavy atom. The van der Waals surface area contributed by atoms with Crippen LogP contribution in [0.1, 0.15) is 51.0 Å². The topological polar surface area (TPSA) is 72.7 Å². The molecule has 7 heteroatoms. The van der Waals surface area contributed by atoms with Crippen molar-refractivity contribution in [1.29, 1.82) is 0 Å². The number of carbonyl (C=O) groups excluding carboxylic acids is 1. The van der Waals surface area contributed by atoms with E-state index in [1.807, 2.05) is 6.07 Å². The molecule has 3 rings (SSSR count). The molecule has 2 fully saturated rings. The zero-order chi connectivity index (χ0) is 19.4. The van der Waals surface area contributed by atoms with Crippen LogP contribution in [0, 0.1) is 16.0 Å². The predicted molar refractivity (Wildman–Crippen MR) is 107 cm³/mol. The van der Waals surface area contributed by atoms with Gasteiger partial charge in [0.15, 0.2) is 5.75 Å². The summed E-state index contributed by atoms with van der Waals surface area (Å²) in [6, 6.07) is 5.83. The van der Waals surface area contributed by atoms with Gasteiger partial charge in [-0.3, -0.25) is 14.9 Å². The van der Waals surface area contributed by atoms with Crippen molar-refractivity contribution < 1.29 is 14.5 Å². The van der Waals surface area contributed by atoms with Gasteiger partial charge in [-0.1, -0.05) is 13.0 Å². The monoisotopic (exact) mass is 392 g/mol. The van der Waals surface area contributed by atoms with E-state index in [1.54, 1.807) is 6.07 Å². The highest BCUT2D eigenvalue weighted by Crippen LogP contribution is 2.36. The Kier molecular flexibility index (Phi) is 6.63. The summed E-state index contributed by atoms with van der Waals surface area (Å²) >= 11 is 1.53. The molecule has 27 heavy (non-hydrogen) atoms. The Morgan fingerprint density at radius 3 is 2.41 bits per heavy atom. The number of rotatable bonds is 8. The van der Waals surface area contributed by atoms with Gasteiger partial charge >= 0.3 is 5.69 Å². The van der Waals surface area contributed by atoms with Crippen molar-refractivity contribution in [3.05, 3.63) is 33.9 Å². The maximum Gasteiger partial charge on any atom is 0.311 e. The molecule has 6 nitrogen and oxygen atoms in total. The van der Waals surface area contributed by atoms with Gasteiger partial charge in [-0.2, -0.15) is 0 Å². The number of thioether (sulfide) groups is 1. The van der Waals surface area contributed by atoms with Crippen LogP contribution >= 0.6 is 11.8 Å². The molecule has 1 aromatic carbocycles. The molecule has 1 amide bonds. The standard InChI is InChI=1S/C20H28N2O4S/c1-14-3-6-16(7-4-14)21(17-8-9-17)20(23)13-27-12-15-5-10-19(26-2)18(11-15)22(24)25/h5,10-11,14,16-17H,3-4,6-9,12-13H2,1-2H3. The Bertz CT molecular complexity index is 685. The first-order valence-electron chi connectivity index (χ1n) is 9.69. The van der Waals surface area contributed by atoms with Crippen molar-refractivity contribution in [3.63, 3.8) is 0 Å². The van der Waals surface area contributed by atoms with Crippen LogP contribution < -0.4 is 4.74 Å². The second kappa shape index (κ2) is 8.95. The fourth-order valence-electron chi connectivity index (χ4n) is 3.88. The van der Waals surface area contributed by atoms with E-state index in [2.05, 4.69) is 11.8 Å². The molecule has 0 unspecified atom stereocenters. The van der Waals surface area contributed by atoms with Crippen LogP contribution in [0.25, 0.3) is 0 Å². The zero-order valence-electron chi connectivity index (χ0n) is 16.1. The predicted octanol–water partition coefficient (Wildman–Crippen LogP) is 4.41. The molecular formula is C20H28N2O4S. The molecule has 0 radical (unpaired) electrons. The van der Waals surface area contributed by atoms with E-state index in [9.17, 15) is 14.9 Å². The van der Waals surface area contributed by atoms with Crippen molar-refractivity contribution in [2.75, 3.05) is 12.9 Å². The first kappa shape index (κ1) is 20.0. The van der Waals surface area contributed by atoms with Crippen LogP contribution in [-0.2, 0) is 10.5 Å². The molecule has 0 N–H and O–H groups in total. The molecule has 0 atom stereocenters.